The van der Waals surface area contributed by atoms with Crippen molar-refractivity contribution >= 4 is 11.6 Å². The van der Waals surface area contributed by atoms with Gasteiger partial charge in [0.25, 0.3) is 0 Å². The number of halogens is 1. The molecule has 1 aromatic carbocycles. The molecule has 0 radical (unpaired) electrons. The van der Waals surface area contributed by atoms with Crippen molar-refractivity contribution in [2.45, 2.75) is 25.8 Å². The molecule has 0 saturated heterocycles. The number of nitrogens with one attached hydrogen (secondary N) is 1. The minimum Gasteiger partial charge on any atom is -0.309 e. The maximum atomic E-state index is 6.01. The fraction of sp³-hybridized carbons (Fsp3) is 0.571. The first-order valence-electron chi connectivity index (χ1n) is 6.41. The molecule has 0 amide bonds. The minimum atomic E-state index is 0.521. The maximum Gasteiger partial charge on any atom is 0.0408 e. The van der Waals surface area contributed by atoms with E-state index in [-0.39, 0.29) is 0 Å². The maximum absolute atomic E-state index is 6.01. The number of hydrogen-bond donors (Lipinski definition) is 1. The second-order valence-electron chi connectivity index (χ2n) is 4.78. The Balaban J connectivity index is 1.89. The first-order chi connectivity index (χ1) is 8.20. The van der Waals surface area contributed by atoms with Crippen molar-refractivity contribution in [3.05, 3.63) is 34.3 Å². The predicted octanol–water partition coefficient (Wildman–Crippen LogP) is 2.87. The summed E-state index contributed by atoms with van der Waals surface area (Å²) in [7, 11) is 2.16. The number of rotatable bonds is 5. The van der Waals surface area contributed by atoms with Gasteiger partial charge in [0, 0.05) is 24.2 Å². The van der Waals surface area contributed by atoms with E-state index in [0.29, 0.717) is 6.04 Å². The first kappa shape index (κ1) is 12.9. The summed E-state index contributed by atoms with van der Waals surface area (Å²) < 4.78 is 0. The lowest BCUT2D eigenvalue weighted by Crippen LogP contribution is -2.30. The van der Waals surface area contributed by atoms with Gasteiger partial charge in [-0.1, -0.05) is 24.6 Å². The standard InChI is InChI=1S/C14H21ClN2/c1-3-17(2)9-8-16-14-7-4-11-10-12(15)5-6-13(11)14/h5-6,10,14,16H,3-4,7-9H2,1-2H3. The van der Waals surface area contributed by atoms with Crippen molar-refractivity contribution in [2.75, 3.05) is 26.7 Å². The number of likely N-dealkylation sites (N-methyl/N-ethyl adjacent to an activating group) is 1. The van der Waals surface area contributed by atoms with Crippen molar-refractivity contribution in [3.63, 3.8) is 0 Å². The van der Waals surface area contributed by atoms with E-state index in [2.05, 4.69) is 36.3 Å². The van der Waals surface area contributed by atoms with Crippen LogP contribution in [0.5, 0.6) is 0 Å². The Labute approximate surface area is 109 Å². The highest BCUT2D eigenvalue weighted by Gasteiger charge is 2.21. The van der Waals surface area contributed by atoms with Crippen molar-refractivity contribution in [3.8, 4) is 0 Å². The molecular formula is C14H21ClN2. The molecule has 3 heteroatoms. The van der Waals surface area contributed by atoms with E-state index < -0.39 is 0 Å². The smallest absolute Gasteiger partial charge is 0.0408 e. The number of aryl methyl sites for hydroxylation is 1. The molecule has 0 aromatic heterocycles. The molecule has 0 fully saturated rings. The van der Waals surface area contributed by atoms with Gasteiger partial charge in [-0.2, -0.15) is 0 Å². The van der Waals surface area contributed by atoms with Crippen LogP contribution < -0.4 is 5.32 Å². The van der Waals surface area contributed by atoms with E-state index >= 15 is 0 Å². The van der Waals surface area contributed by atoms with Crippen molar-refractivity contribution in [1.82, 2.24) is 10.2 Å². The molecule has 1 aromatic rings. The predicted molar refractivity (Wildman–Crippen MR) is 73.7 cm³/mol. The Morgan fingerprint density at radius 2 is 2.29 bits per heavy atom. The first-order valence-corrected chi connectivity index (χ1v) is 6.78. The third-order valence-electron chi connectivity index (χ3n) is 3.61. The molecule has 1 atom stereocenters. The molecular weight excluding hydrogens is 232 g/mol. The Morgan fingerprint density at radius 1 is 1.47 bits per heavy atom. The summed E-state index contributed by atoms with van der Waals surface area (Å²) >= 11 is 6.01. The zero-order chi connectivity index (χ0) is 12.3. The van der Waals surface area contributed by atoms with Crippen LogP contribution in [0.1, 0.15) is 30.5 Å². The zero-order valence-electron chi connectivity index (χ0n) is 10.7. The molecule has 1 unspecified atom stereocenters. The molecule has 0 heterocycles. The molecule has 0 bridgehead atoms. The average Bonchev–Trinajstić information content (AvgIpc) is 2.71. The van der Waals surface area contributed by atoms with E-state index in [1.54, 1.807) is 0 Å². The monoisotopic (exact) mass is 252 g/mol. The minimum absolute atomic E-state index is 0.521. The van der Waals surface area contributed by atoms with Crippen LogP contribution in [-0.4, -0.2) is 31.6 Å². The topological polar surface area (TPSA) is 15.3 Å². The second-order valence-corrected chi connectivity index (χ2v) is 5.22. The molecule has 1 aliphatic carbocycles. The third kappa shape index (κ3) is 3.21. The lowest BCUT2D eigenvalue weighted by Gasteiger charge is -2.18. The lowest BCUT2D eigenvalue weighted by atomic mass is 10.1. The van der Waals surface area contributed by atoms with Gasteiger partial charge in [-0.15, -0.1) is 0 Å². The van der Waals surface area contributed by atoms with E-state index in [1.165, 1.54) is 17.5 Å². The van der Waals surface area contributed by atoms with E-state index in [1.807, 2.05) is 6.07 Å². The summed E-state index contributed by atoms with van der Waals surface area (Å²) in [5.41, 5.74) is 2.85. The highest BCUT2D eigenvalue weighted by molar-refractivity contribution is 6.30. The van der Waals surface area contributed by atoms with Gasteiger partial charge in [-0.3, -0.25) is 0 Å². The van der Waals surface area contributed by atoms with Crippen molar-refractivity contribution in [1.29, 1.82) is 0 Å². The molecule has 0 spiro atoms. The van der Waals surface area contributed by atoms with Crippen LogP contribution in [0.15, 0.2) is 18.2 Å². The Morgan fingerprint density at radius 3 is 3.06 bits per heavy atom. The fourth-order valence-corrected chi connectivity index (χ4v) is 2.58. The Hall–Kier alpha value is -0.570. The fourth-order valence-electron chi connectivity index (χ4n) is 2.39. The largest absolute Gasteiger partial charge is 0.309 e. The molecule has 17 heavy (non-hydrogen) atoms. The van der Waals surface area contributed by atoms with E-state index in [4.69, 9.17) is 11.6 Å². The second kappa shape index (κ2) is 5.85. The molecule has 1 N–H and O–H groups in total. The molecule has 2 nitrogen and oxygen atoms in total. The number of hydrogen-bond acceptors (Lipinski definition) is 2. The highest BCUT2D eigenvalue weighted by Crippen LogP contribution is 2.32. The summed E-state index contributed by atoms with van der Waals surface area (Å²) in [4.78, 5) is 2.32. The summed E-state index contributed by atoms with van der Waals surface area (Å²) in [6, 6.07) is 6.80. The van der Waals surface area contributed by atoms with Crippen molar-refractivity contribution in [2.24, 2.45) is 0 Å². The van der Waals surface area contributed by atoms with Gasteiger partial charge in [0.1, 0.15) is 0 Å². The summed E-state index contributed by atoms with van der Waals surface area (Å²) in [6.07, 6.45) is 2.35. The van der Waals surface area contributed by atoms with Gasteiger partial charge in [0.05, 0.1) is 0 Å². The van der Waals surface area contributed by atoms with Gasteiger partial charge in [0.2, 0.25) is 0 Å². The summed E-state index contributed by atoms with van der Waals surface area (Å²) in [6.45, 7) is 5.46. The number of benzene rings is 1. The molecule has 1 aliphatic rings. The zero-order valence-corrected chi connectivity index (χ0v) is 11.4. The van der Waals surface area contributed by atoms with E-state index in [0.717, 1.165) is 31.1 Å². The quantitative estimate of drug-likeness (QED) is 0.867. The third-order valence-corrected chi connectivity index (χ3v) is 3.84. The normalized spacial score (nSPS) is 18.7. The molecule has 0 aliphatic heterocycles. The van der Waals surface area contributed by atoms with E-state index in [9.17, 15) is 0 Å². The van der Waals surface area contributed by atoms with Crippen molar-refractivity contribution < 1.29 is 0 Å². The van der Waals surface area contributed by atoms with Gasteiger partial charge >= 0.3 is 0 Å². The van der Waals surface area contributed by atoms with Gasteiger partial charge < -0.3 is 10.2 Å². The SMILES string of the molecule is CCN(C)CCNC1CCc2cc(Cl)ccc21. The summed E-state index contributed by atoms with van der Waals surface area (Å²) in [5, 5.41) is 4.49. The Bertz CT molecular complexity index is 378. The number of fused-ring (bicyclic) bond motifs is 1. The number of nitrogens with zero attached hydrogens (tertiary/aromatic N) is 1. The molecule has 2 rings (SSSR count). The van der Waals surface area contributed by atoms with Crippen LogP contribution >= 0.6 is 11.6 Å². The molecule has 0 saturated carbocycles. The van der Waals surface area contributed by atoms with Gasteiger partial charge in [-0.25, -0.2) is 0 Å². The summed E-state index contributed by atoms with van der Waals surface area (Å²) in [5.74, 6) is 0. The highest BCUT2D eigenvalue weighted by atomic mass is 35.5. The van der Waals surface area contributed by atoms with Gasteiger partial charge in [0.15, 0.2) is 0 Å². The van der Waals surface area contributed by atoms with Crippen LogP contribution in [0.2, 0.25) is 5.02 Å². The average molecular weight is 253 g/mol. The van der Waals surface area contributed by atoms with Crippen LogP contribution in [0.4, 0.5) is 0 Å². The lowest BCUT2D eigenvalue weighted by molar-refractivity contribution is 0.339. The van der Waals surface area contributed by atoms with Crippen LogP contribution in [0.25, 0.3) is 0 Å². The Kier molecular flexibility index (Phi) is 4.43. The van der Waals surface area contributed by atoms with Crippen LogP contribution in [0, 0.1) is 0 Å². The van der Waals surface area contributed by atoms with Crippen LogP contribution in [0.3, 0.4) is 0 Å². The van der Waals surface area contributed by atoms with Crippen LogP contribution in [-0.2, 0) is 6.42 Å². The molecule has 94 valence electrons. The van der Waals surface area contributed by atoms with Gasteiger partial charge in [-0.05, 0) is 49.7 Å².